The third-order valence-corrected chi connectivity index (χ3v) is 2.76. The van der Waals surface area contributed by atoms with Crippen LogP contribution in [0.2, 0.25) is 0 Å². The summed E-state index contributed by atoms with van der Waals surface area (Å²) in [6, 6.07) is 0. The van der Waals surface area contributed by atoms with Crippen molar-refractivity contribution in [3.63, 3.8) is 0 Å². The van der Waals surface area contributed by atoms with Crippen LogP contribution in [0.15, 0.2) is 6.20 Å². The number of fused-ring (bicyclic) bond motifs is 1. The predicted octanol–water partition coefficient (Wildman–Crippen LogP) is 1.97. The van der Waals surface area contributed by atoms with E-state index in [4.69, 9.17) is 6.42 Å². The Morgan fingerprint density at radius 2 is 2.43 bits per heavy atom. The van der Waals surface area contributed by atoms with E-state index >= 15 is 0 Å². The lowest BCUT2D eigenvalue weighted by Crippen LogP contribution is -1.94. The molecule has 0 radical (unpaired) electrons. The van der Waals surface area contributed by atoms with Crippen LogP contribution in [-0.4, -0.2) is 14.6 Å². The van der Waals surface area contributed by atoms with Crippen molar-refractivity contribution in [3.05, 3.63) is 16.9 Å². The Bertz CT molecular complexity index is 455. The maximum atomic E-state index is 5.24. The fraction of sp³-hybridized carbons (Fsp3) is 0.400. The molecule has 0 N–H and O–H groups in total. The van der Waals surface area contributed by atoms with Crippen LogP contribution in [0.4, 0.5) is 0 Å². The van der Waals surface area contributed by atoms with Crippen LogP contribution in [0.5, 0.6) is 0 Å². The van der Waals surface area contributed by atoms with Crippen LogP contribution in [0.1, 0.15) is 24.5 Å². The SMILES string of the molecule is C#Cc1cn2nc(CC(C)C)sc2n1. The predicted molar refractivity (Wildman–Crippen MR) is 57.3 cm³/mol. The van der Waals surface area contributed by atoms with E-state index in [2.05, 4.69) is 29.9 Å². The molecule has 0 saturated carbocycles. The second-order valence-electron chi connectivity index (χ2n) is 3.59. The molecule has 0 aliphatic carbocycles. The summed E-state index contributed by atoms with van der Waals surface area (Å²) in [6.07, 6.45) is 8.03. The highest BCUT2D eigenvalue weighted by atomic mass is 32.1. The minimum absolute atomic E-state index is 0.623. The molecule has 3 nitrogen and oxygen atoms in total. The standard InChI is InChI=1S/C10H11N3S/c1-4-8-6-13-10(11-8)14-9(12-13)5-7(2)3/h1,6-7H,5H2,2-3H3. The molecule has 0 amide bonds. The highest BCUT2D eigenvalue weighted by Gasteiger charge is 2.07. The van der Waals surface area contributed by atoms with Gasteiger partial charge in [-0.2, -0.15) is 5.10 Å². The molecule has 0 bridgehead atoms. The zero-order valence-electron chi connectivity index (χ0n) is 8.19. The van der Waals surface area contributed by atoms with Gasteiger partial charge in [0.2, 0.25) is 4.96 Å². The van der Waals surface area contributed by atoms with E-state index in [0.717, 1.165) is 16.4 Å². The summed E-state index contributed by atoms with van der Waals surface area (Å²) in [5.74, 6) is 3.12. The third-order valence-electron chi connectivity index (χ3n) is 1.82. The van der Waals surface area contributed by atoms with Gasteiger partial charge < -0.3 is 0 Å². The van der Waals surface area contributed by atoms with Gasteiger partial charge in [-0.15, -0.1) is 6.42 Å². The van der Waals surface area contributed by atoms with Gasteiger partial charge in [-0.25, -0.2) is 9.50 Å². The molecule has 72 valence electrons. The maximum Gasteiger partial charge on any atom is 0.213 e. The fourth-order valence-corrected chi connectivity index (χ4v) is 2.33. The van der Waals surface area contributed by atoms with Crippen molar-refractivity contribution in [2.45, 2.75) is 20.3 Å². The van der Waals surface area contributed by atoms with Gasteiger partial charge in [0.25, 0.3) is 0 Å². The zero-order valence-corrected chi connectivity index (χ0v) is 9.01. The van der Waals surface area contributed by atoms with Crippen LogP contribution in [0.25, 0.3) is 4.96 Å². The van der Waals surface area contributed by atoms with Gasteiger partial charge in [0.15, 0.2) is 0 Å². The number of imidazole rings is 1. The Kier molecular flexibility index (Phi) is 2.26. The number of terminal acetylenes is 1. The Morgan fingerprint density at radius 3 is 3.00 bits per heavy atom. The smallest absolute Gasteiger partial charge is 0.210 e. The molecule has 0 aliphatic rings. The number of rotatable bonds is 2. The molecule has 4 heteroatoms. The van der Waals surface area contributed by atoms with Gasteiger partial charge in [0.05, 0.1) is 6.20 Å². The molecule has 2 rings (SSSR count). The van der Waals surface area contributed by atoms with Crippen molar-refractivity contribution in [1.29, 1.82) is 0 Å². The minimum Gasteiger partial charge on any atom is -0.210 e. The molecule has 0 fully saturated rings. The molecule has 0 spiro atoms. The maximum absolute atomic E-state index is 5.24. The molecule has 0 atom stereocenters. The summed E-state index contributed by atoms with van der Waals surface area (Å²) < 4.78 is 1.76. The summed E-state index contributed by atoms with van der Waals surface area (Å²) >= 11 is 1.61. The molecule has 2 aromatic rings. The van der Waals surface area contributed by atoms with Gasteiger partial charge in [0.1, 0.15) is 10.7 Å². The lowest BCUT2D eigenvalue weighted by Gasteiger charge is -1.97. The molecule has 0 aliphatic heterocycles. The van der Waals surface area contributed by atoms with Crippen molar-refractivity contribution in [2.24, 2.45) is 5.92 Å². The highest BCUT2D eigenvalue weighted by Crippen LogP contribution is 2.17. The van der Waals surface area contributed by atoms with Crippen molar-refractivity contribution in [1.82, 2.24) is 14.6 Å². The summed E-state index contributed by atoms with van der Waals surface area (Å²) in [6.45, 7) is 4.36. The molecule has 0 aromatic carbocycles. The lowest BCUT2D eigenvalue weighted by molar-refractivity contribution is 0.637. The summed E-state index contributed by atoms with van der Waals surface area (Å²) in [5.41, 5.74) is 0.653. The topological polar surface area (TPSA) is 30.2 Å². The largest absolute Gasteiger partial charge is 0.213 e. The normalized spacial score (nSPS) is 11.0. The average Bonchev–Trinajstić information content (AvgIpc) is 2.59. The van der Waals surface area contributed by atoms with Crippen LogP contribution in [-0.2, 0) is 6.42 Å². The van der Waals surface area contributed by atoms with Gasteiger partial charge >= 0.3 is 0 Å². The Labute approximate surface area is 86.8 Å². The summed E-state index contributed by atoms with van der Waals surface area (Å²) in [7, 11) is 0. The first-order chi connectivity index (χ1) is 6.69. The quantitative estimate of drug-likeness (QED) is 0.702. The summed E-state index contributed by atoms with van der Waals surface area (Å²) in [5, 5.41) is 5.52. The van der Waals surface area contributed by atoms with Gasteiger partial charge in [-0.3, -0.25) is 0 Å². The molecule has 0 unspecified atom stereocenters. The molecule has 0 saturated heterocycles. The zero-order chi connectivity index (χ0) is 10.1. The number of hydrogen-bond acceptors (Lipinski definition) is 3. The first kappa shape index (κ1) is 9.22. The monoisotopic (exact) mass is 205 g/mol. The molecular formula is C10H11N3S. The first-order valence-corrected chi connectivity index (χ1v) is 5.32. The second-order valence-corrected chi connectivity index (χ2v) is 4.63. The lowest BCUT2D eigenvalue weighted by atomic mass is 10.1. The van der Waals surface area contributed by atoms with Gasteiger partial charge in [-0.05, 0) is 11.8 Å². The Morgan fingerprint density at radius 1 is 1.64 bits per heavy atom. The van der Waals surface area contributed by atoms with Crippen molar-refractivity contribution < 1.29 is 0 Å². The molecule has 2 heterocycles. The van der Waals surface area contributed by atoms with E-state index in [9.17, 15) is 0 Å². The van der Waals surface area contributed by atoms with Crippen LogP contribution in [0, 0.1) is 18.3 Å². The van der Waals surface area contributed by atoms with Gasteiger partial charge in [0, 0.05) is 6.42 Å². The van der Waals surface area contributed by atoms with E-state index in [1.54, 1.807) is 22.0 Å². The Balaban J connectivity index is 2.36. The Hall–Kier alpha value is -1.34. The van der Waals surface area contributed by atoms with Crippen molar-refractivity contribution in [3.8, 4) is 12.3 Å². The van der Waals surface area contributed by atoms with Crippen LogP contribution in [0.3, 0.4) is 0 Å². The highest BCUT2D eigenvalue weighted by molar-refractivity contribution is 7.16. The minimum atomic E-state index is 0.623. The van der Waals surface area contributed by atoms with Crippen molar-refractivity contribution in [2.75, 3.05) is 0 Å². The summed E-state index contributed by atoms with van der Waals surface area (Å²) in [4.78, 5) is 5.12. The second kappa shape index (κ2) is 3.43. The van der Waals surface area contributed by atoms with Crippen LogP contribution >= 0.6 is 11.3 Å². The molecular weight excluding hydrogens is 194 g/mol. The van der Waals surface area contributed by atoms with E-state index in [-0.39, 0.29) is 0 Å². The van der Waals surface area contributed by atoms with E-state index in [1.165, 1.54) is 0 Å². The van der Waals surface area contributed by atoms with E-state index < -0.39 is 0 Å². The average molecular weight is 205 g/mol. The fourth-order valence-electron chi connectivity index (χ4n) is 1.24. The van der Waals surface area contributed by atoms with E-state index in [0.29, 0.717) is 11.6 Å². The number of nitrogens with zero attached hydrogens (tertiary/aromatic N) is 3. The third kappa shape index (κ3) is 1.64. The molecule has 14 heavy (non-hydrogen) atoms. The van der Waals surface area contributed by atoms with E-state index in [1.807, 2.05) is 0 Å². The first-order valence-electron chi connectivity index (χ1n) is 4.50. The van der Waals surface area contributed by atoms with Gasteiger partial charge in [-0.1, -0.05) is 25.2 Å². The van der Waals surface area contributed by atoms with Crippen molar-refractivity contribution >= 4 is 16.3 Å². The number of aromatic nitrogens is 3. The number of hydrogen-bond donors (Lipinski definition) is 0. The van der Waals surface area contributed by atoms with Crippen LogP contribution < -0.4 is 0 Å². The molecule has 2 aromatic heterocycles.